The maximum Gasteiger partial charge on any atom is 0.163 e. The lowest BCUT2D eigenvalue weighted by atomic mass is 10.0. The van der Waals surface area contributed by atoms with Gasteiger partial charge in [-0.25, -0.2) is 0 Å². The number of hydrogen-bond donors (Lipinski definition) is 0. The first kappa shape index (κ1) is 11.1. The number of carbonyl (C=O) groups excluding carboxylic acids is 2. The molecule has 84 valence electrons. The van der Waals surface area contributed by atoms with E-state index in [1.54, 1.807) is 28.8 Å². The van der Waals surface area contributed by atoms with E-state index in [2.05, 4.69) is 0 Å². The molecular formula is C13H10N2O2. The van der Waals surface area contributed by atoms with Gasteiger partial charge < -0.3 is 4.40 Å². The zero-order valence-corrected chi connectivity index (χ0v) is 9.52. The third-order valence-electron chi connectivity index (χ3n) is 2.65. The van der Waals surface area contributed by atoms with Gasteiger partial charge in [0.2, 0.25) is 0 Å². The Bertz CT molecular complexity index is 675. The summed E-state index contributed by atoms with van der Waals surface area (Å²) in [6, 6.07) is 7.23. The van der Waals surface area contributed by atoms with Crippen molar-refractivity contribution in [1.82, 2.24) is 4.40 Å². The van der Waals surface area contributed by atoms with Crippen molar-refractivity contribution >= 4 is 17.1 Å². The quantitative estimate of drug-likeness (QED) is 0.737. The monoisotopic (exact) mass is 226 g/mol. The Balaban J connectivity index is 3.04. The van der Waals surface area contributed by atoms with Crippen LogP contribution >= 0.6 is 0 Å². The fourth-order valence-corrected chi connectivity index (χ4v) is 2.02. The maximum atomic E-state index is 11.6. The lowest BCUT2D eigenvalue weighted by molar-refractivity contribution is 0.0982. The van der Waals surface area contributed by atoms with Crippen molar-refractivity contribution in [3.8, 4) is 6.07 Å². The molecule has 2 heterocycles. The Hall–Kier alpha value is -2.41. The van der Waals surface area contributed by atoms with Crippen molar-refractivity contribution in [1.29, 1.82) is 5.26 Å². The minimum atomic E-state index is -0.268. The molecule has 4 nitrogen and oxygen atoms in total. The number of rotatable bonds is 2. The second-order valence-corrected chi connectivity index (χ2v) is 3.78. The minimum absolute atomic E-state index is 0.208. The average molecular weight is 226 g/mol. The van der Waals surface area contributed by atoms with E-state index in [0.717, 1.165) is 0 Å². The number of nitrogens with zero attached hydrogens (tertiary/aromatic N) is 2. The van der Waals surface area contributed by atoms with Gasteiger partial charge in [-0.1, -0.05) is 6.07 Å². The van der Waals surface area contributed by atoms with E-state index in [4.69, 9.17) is 5.26 Å². The van der Waals surface area contributed by atoms with E-state index in [0.29, 0.717) is 11.1 Å². The average Bonchev–Trinajstić information content (AvgIpc) is 2.63. The summed E-state index contributed by atoms with van der Waals surface area (Å²) < 4.78 is 1.58. The Morgan fingerprint density at radius 1 is 1.18 bits per heavy atom. The van der Waals surface area contributed by atoms with Gasteiger partial charge in [-0.2, -0.15) is 5.26 Å². The fraction of sp³-hybridized carbons (Fsp3) is 0.154. The standard InChI is InChI=1S/C13H10N2O2/c1-8(16)12-10-5-3-4-6-15(10)11(7-14)13(12)9(2)17/h3-6H,1-2H3. The summed E-state index contributed by atoms with van der Waals surface area (Å²) in [5, 5.41) is 9.13. The van der Waals surface area contributed by atoms with E-state index >= 15 is 0 Å². The van der Waals surface area contributed by atoms with Crippen molar-refractivity contribution in [3.63, 3.8) is 0 Å². The SMILES string of the molecule is CC(=O)c1c(C(C)=O)c2ccccn2c1C#N. The minimum Gasteiger partial charge on any atom is -0.307 e. The highest BCUT2D eigenvalue weighted by molar-refractivity contribution is 6.13. The molecule has 2 rings (SSSR count). The largest absolute Gasteiger partial charge is 0.307 e. The number of carbonyl (C=O) groups is 2. The second-order valence-electron chi connectivity index (χ2n) is 3.78. The van der Waals surface area contributed by atoms with E-state index in [1.807, 2.05) is 6.07 Å². The molecule has 0 aliphatic heterocycles. The molecule has 17 heavy (non-hydrogen) atoms. The van der Waals surface area contributed by atoms with Crippen molar-refractivity contribution in [2.75, 3.05) is 0 Å². The van der Waals surface area contributed by atoms with E-state index < -0.39 is 0 Å². The Kier molecular flexibility index (Phi) is 2.52. The van der Waals surface area contributed by atoms with Crippen LogP contribution in [0.4, 0.5) is 0 Å². The van der Waals surface area contributed by atoms with Gasteiger partial charge in [-0.3, -0.25) is 9.59 Å². The number of aromatic nitrogens is 1. The molecule has 0 aliphatic rings. The van der Waals surface area contributed by atoms with Crippen LogP contribution in [0.5, 0.6) is 0 Å². The molecule has 2 aromatic rings. The van der Waals surface area contributed by atoms with Gasteiger partial charge in [0.25, 0.3) is 0 Å². The molecule has 0 atom stereocenters. The summed E-state index contributed by atoms with van der Waals surface area (Å²) >= 11 is 0. The summed E-state index contributed by atoms with van der Waals surface area (Å²) in [6.45, 7) is 2.76. The van der Waals surface area contributed by atoms with Crippen molar-refractivity contribution < 1.29 is 9.59 Å². The molecule has 0 N–H and O–H groups in total. The summed E-state index contributed by atoms with van der Waals surface area (Å²) in [6.07, 6.45) is 1.67. The fourth-order valence-electron chi connectivity index (χ4n) is 2.02. The van der Waals surface area contributed by atoms with Gasteiger partial charge in [0.05, 0.1) is 16.6 Å². The van der Waals surface area contributed by atoms with Gasteiger partial charge in [-0.15, -0.1) is 0 Å². The molecular weight excluding hydrogens is 216 g/mol. The smallest absolute Gasteiger partial charge is 0.163 e. The summed E-state index contributed by atoms with van der Waals surface area (Å²) in [5.74, 6) is -0.476. The Morgan fingerprint density at radius 2 is 1.82 bits per heavy atom. The highest BCUT2D eigenvalue weighted by Crippen LogP contribution is 2.24. The highest BCUT2D eigenvalue weighted by Gasteiger charge is 2.23. The maximum absolute atomic E-state index is 11.6. The van der Waals surface area contributed by atoms with Crippen molar-refractivity contribution in [3.05, 3.63) is 41.2 Å². The summed E-state index contributed by atoms with van der Waals surface area (Å²) in [5.41, 5.74) is 1.36. The molecule has 0 radical (unpaired) electrons. The van der Waals surface area contributed by atoms with Gasteiger partial charge in [0.1, 0.15) is 11.8 Å². The number of ketones is 2. The zero-order valence-electron chi connectivity index (χ0n) is 9.52. The van der Waals surface area contributed by atoms with Crippen LogP contribution in [0.2, 0.25) is 0 Å². The predicted molar refractivity (Wildman–Crippen MR) is 62.1 cm³/mol. The lowest BCUT2D eigenvalue weighted by Gasteiger charge is -1.96. The predicted octanol–water partition coefficient (Wildman–Crippen LogP) is 2.22. The molecule has 0 aliphatic carbocycles. The summed E-state index contributed by atoms with van der Waals surface area (Å²) in [7, 11) is 0. The molecule has 0 aromatic carbocycles. The van der Waals surface area contributed by atoms with E-state index in [1.165, 1.54) is 13.8 Å². The molecule has 2 aromatic heterocycles. The topological polar surface area (TPSA) is 62.3 Å². The van der Waals surface area contributed by atoms with Crippen LogP contribution in [0.1, 0.15) is 40.3 Å². The molecule has 0 spiro atoms. The highest BCUT2D eigenvalue weighted by atomic mass is 16.1. The second kappa shape index (κ2) is 3.87. The third-order valence-corrected chi connectivity index (χ3v) is 2.65. The van der Waals surface area contributed by atoms with Crippen LogP contribution in [-0.2, 0) is 0 Å². The molecule has 0 amide bonds. The molecule has 0 fully saturated rings. The van der Waals surface area contributed by atoms with Crippen LogP contribution in [0.15, 0.2) is 24.4 Å². The van der Waals surface area contributed by atoms with Crippen LogP contribution in [0.3, 0.4) is 0 Å². The lowest BCUT2D eigenvalue weighted by Crippen LogP contribution is -2.02. The van der Waals surface area contributed by atoms with Crippen molar-refractivity contribution in [2.45, 2.75) is 13.8 Å². The molecule has 4 heteroatoms. The Labute approximate surface area is 98.1 Å². The number of nitriles is 1. The van der Waals surface area contributed by atoms with E-state index in [9.17, 15) is 9.59 Å². The van der Waals surface area contributed by atoms with Crippen LogP contribution in [0.25, 0.3) is 5.52 Å². The summed E-state index contributed by atoms with van der Waals surface area (Å²) in [4.78, 5) is 23.2. The normalized spacial score (nSPS) is 10.2. The molecule has 0 unspecified atom stereocenters. The number of fused-ring (bicyclic) bond motifs is 1. The van der Waals surface area contributed by atoms with Gasteiger partial charge in [-0.05, 0) is 26.0 Å². The molecule has 0 saturated heterocycles. The molecule has 0 bridgehead atoms. The third kappa shape index (κ3) is 1.53. The van der Waals surface area contributed by atoms with Gasteiger partial charge in [0, 0.05) is 6.20 Å². The van der Waals surface area contributed by atoms with Crippen molar-refractivity contribution in [2.24, 2.45) is 0 Å². The first-order chi connectivity index (χ1) is 8.07. The van der Waals surface area contributed by atoms with Crippen LogP contribution in [0, 0.1) is 11.3 Å². The van der Waals surface area contributed by atoms with Crippen LogP contribution in [-0.4, -0.2) is 16.0 Å². The molecule has 0 saturated carbocycles. The number of Topliss-reactive ketones (excluding diaryl/α,β-unsaturated/α-hetero) is 2. The van der Waals surface area contributed by atoms with Gasteiger partial charge >= 0.3 is 0 Å². The van der Waals surface area contributed by atoms with Gasteiger partial charge in [0.15, 0.2) is 11.6 Å². The Morgan fingerprint density at radius 3 is 2.35 bits per heavy atom. The number of hydrogen-bond acceptors (Lipinski definition) is 3. The first-order valence-electron chi connectivity index (χ1n) is 5.13. The number of pyridine rings is 1. The zero-order chi connectivity index (χ0) is 12.6. The van der Waals surface area contributed by atoms with Crippen LogP contribution < -0.4 is 0 Å². The first-order valence-corrected chi connectivity index (χ1v) is 5.13. The van der Waals surface area contributed by atoms with E-state index in [-0.39, 0.29) is 22.8 Å².